The SMILES string of the molecule is BrB(Br)c1c(-c2ccc3ccccc3n2)c2ccccc2c2ccccc12. The third kappa shape index (κ3) is 2.79. The lowest BCUT2D eigenvalue weighted by Crippen LogP contribution is -2.22. The maximum absolute atomic E-state index is 5.00. The van der Waals surface area contributed by atoms with Gasteiger partial charge in [0.15, 0.2) is 0 Å². The van der Waals surface area contributed by atoms with Gasteiger partial charge in [-0.1, -0.05) is 72.8 Å². The minimum absolute atomic E-state index is 0.0303. The second-order valence-electron chi connectivity index (χ2n) is 6.57. The fraction of sp³-hybridized carbons (Fsp3) is 0. The van der Waals surface area contributed by atoms with Gasteiger partial charge in [-0.05, 0) is 39.1 Å². The zero-order valence-electron chi connectivity index (χ0n) is 14.4. The Morgan fingerprint density at radius 3 is 1.93 bits per heavy atom. The summed E-state index contributed by atoms with van der Waals surface area (Å²) in [7, 11) is 0. The van der Waals surface area contributed by atoms with Gasteiger partial charge in [0.1, 0.15) is 0 Å². The highest BCUT2D eigenvalue weighted by molar-refractivity contribution is 9.49. The summed E-state index contributed by atoms with van der Waals surface area (Å²) in [6, 6.07) is 29.7. The van der Waals surface area contributed by atoms with Crippen LogP contribution in [0.1, 0.15) is 0 Å². The van der Waals surface area contributed by atoms with E-state index >= 15 is 0 Å². The molecule has 128 valence electrons. The van der Waals surface area contributed by atoms with E-state index in [4.69, 9.17) is 4.98 Å². The number of nitrogens with zero attached hydrogens (tertiary/aromatic N) is 1. The molecule has 0 aliphatic heterocycles. The van der Waals surface area contributed by atoms with Gasteiger partial charge in [0.2, 0.25) is 0 Å². The van der Waals surface area contributed by atoms with Crippen LogP contribution in [0.25, 0.3) is 43.7 Å². The molecule has 0 saturated carbocycles. The van der Waals surface area contributed by atoms with Crippen LogP contribution >= 0.6 is 31.5 Å². The lowest BCUT2D eigenvalue weighted by atomic mass is 9.80. The largest absolute Gasteiger partial charge is 0.330 e. The number of hydrogen-bond donors (Lipinski definition) is 0. The molecule has 0 spiro atoms. The molecular formula is C23H14BBr2N. The number of aromatic nitrogens is 1. The molecular weight excluding hydrogens is 461 g/mol. The number of fused-ring (bicyclic) bond motifs is 4. The molecule has 0 atom stereocenters. The molecule has 0 unspecified atom stereocenters. The van der Waals surface area contributed by atoms with Crippen molar-refractivity contribution in [2.24, 2.45) is 0 Å². The Labute approximate surface area is 174 Å². The third-order valence-corrected chi connectivity index (χ3v) is 5.96. The Balaban J connectivity index is 1.98. The molecule has 4 heteroatoms. The molecule has 5 rings (SSSR count). The van der Waals surface area contributed by atoms with Crippen LogP contribution in [0.3, 0.4) is 0 Å². The van der Waals surface area contributed by atoms with Gasteiger partial charge in [-0.25, -0.2) is 4.98 Å². The first kappa shape index (κ1) is 17.0. The van der Waals surface area contributed by atoms with Gasteiger partial charge in [-0.3, -0.25) is 0 Å². The smallest absolute Gasteiger partial charge is 0.248 e. The van der Waals surface area contributed by atoms with E-state index in [1.165, 1.54) is 32.6 Å². The topological polar surface area (TPSA) is 12.9 Å². The average molecular weight is 475 g/mol. The molecule has 0 aliphatic rings. The van der Waals surface area contributed by atoms with Crippen LogP contribution in [-0.4, -0.2) is 9.34 Å². The van der Waals surface area contributed by atoms with Crippen LogP contribution in [0.2, 0.25) is 0 Å². The van der Waals surface area contributed by atoms with Gasteiger partial charge < -0.3 is 0 Å². The van der Waals surface area contributed by atoms with Crippen molar-refractivity contribution in [2.75, 3.05) is 0 Å². The zero-order valence-corrected chi connectivity index (χ0v) is 17.5. The Kier molecular flexibility index (Phi) is 4.26. The van der Waals surface area contributed by atoms with Crippen molar-refractivity contribution in [3.05, 3.63) is 84.9 Å². The van der Waals surface area contributed by atoms with E-state index in [1.807, 2.05) is 12.1 Å². The van der Waals surface area contributed by atoms with Gasteiger partial charge in [0.05, 0.1) is 11.2 Å². The van der Waals surface area contributed by atoms with Gasteiger partial charge in [-0.2, -0.15) is 0 Å². The molecule has 0 aliphatic carbocycles. The monoisotopic (exact) mass is 473 g/mol. The normalized spacial score (nSPS) is 11.3. The number of hydrogen-bond acceptors (Lipinski definition) is 1. The molecule has 1 aromatic heterocycles. The first-order valence-electron chi connectivity index (χ1n) is 8.82. The number of pyridine rings is 1. The summed E-state index contributed by atoms with van der Waals surface area (Å²) in [5.41, 5.74) is 4.40. The molecule has 5 aromatic rings. The van der Waals surface area contributed by atoms with Gasteiger partial charge >= 0.3 is 4.36 Å². The van der Waals surface area contributed by atoms with Crippen LogP contribution in [0, 0.1) is 0 Å². The summed E-state index contributed by atoms with van der Waals surface area (Å²) in [6.07, 6.45) is 0. The highest BCUT2D eigenvalue weighted by Gasteiger charge is 2.22. The molecule has 0 fully saturated rings. The Morgan fingerprint density at radius 2 is 1.19 bits per heavy atom. The van der Waals surface area contributed by atoms with Crippen molar-refractivity contribution in [3.63, 3.8) is 0 Å². The van der Waals surface area contributed by atoms with Crippen molar-refractivity contribution in [2.45, 2.75) is 0 Å². The third-order valence-electron chi connectivity index (χ3n) is 5.05. The maximum Gasteiger partial charge on any atom is 0.330 e. The van der Waals surface area contributed by atoms with Crippen molar-refractivity contribution >= 4 is 73.8 Å². The van der Waals surface area contributed by atoms with Crippen LogP contribution < -0.4 is 5.46 Å². The fourth-order valence-electron chi connectivity index (χ4n) is 3.88. The molecule has 0 N–H and O–H groups in total. The van der Waals surface area contributed by atoms with Gasteiger partial charge in [-0.15, -0.1) is 31.5 Å². The zero-order chi connectivity index (χ0) is 18.4. The highest BCUT2D eigenvalue weighted by atomic mass is 79.9. The van der Waals surface area contributed by atoms with Crippen molar-refractivity contribution < 1.29 is 0 Å². The predicted molar refractivity (Wildman–Crippen MR) is 125 cm³/mol. The molecule has 27 heavy (non-hydrogen) atoms. The fourth-order valence-corrected chi connectivity index (χ4v) is 4.83. The van der Waals surface area contributed by atoms with Crippen LogP contribution in [0.5, 0.6) is 0 Å². The molecule has 0 bridgehead atoms. The summed E-state index contributed by atoms with van der Waals surface area (Å²) in [5.74, 6) is 0. The van der Waals surface area contributed by atoms with E-state index in [0.717, 1.165) is 16.6 Å². The van der Waals surface area contributed by atoms with E-state index < -0.39 is 0 Å². The minimum Gasteiger partial charge on any atom is -0.248 e. The van der Waals surface area contributed by atoms with Crippen molar-refractivity contribution in [1.82, 2.24) is 4.98 Å². The van der Waals surface area contributed by atoms with Crippen LogP contribution in [-0.2, 0) is 0 Å². The Morgan fingerprint density at radius 1 is 0.593 bits per heavy atom. The summed E-state index contributed by atoms with van der Waals surface area (Å²) < 4.78 is 0.0303. The number of para-hydroxylation sites is 1. The Bertz CT molecular complexity index is 1310. The maximum atomic E-state index is 5.00. The lowest BCUT2D eigenvalue weighted by Gasteiger charge is -2.17. The van der Waals surface area contributed by atoms with E-state index in [0.29, 0.717) is 0 Å². The quantitative estimate of drug-likeness (QED) is 0.205. The number of benzene rings is 4. The summed E-state index contributed by atoms with van der Waals surface area (Å²) >= 11 is 7.55. The molecule has 4 aromatic carbocycles. The lowest BCUT2D eigenvalue weighted by molar-refractivity contribution is 1.42. The molecule has 0 saturated heterocycles. The molecule has 1 heterocycles. The van der Waals surface area contributed by atoms with Crippen LogP contribution in [0.4, 0.5) is 0 Å². The second-order valence-corrected chi connectivity index (χ2v) is 9.63. The molecule has 0 radical (unpaired) electrons. The van der Waals surface area contributed by atoms with E-state index in [2.05, 4.69) is 104 Å². The number of rotatable bonds is 2. The van der Waals surface area contributed by atoms with Crippen molar-refractivity contribution in [1.29, 1.82) is 0 Å². The highest BCUT2D eigenvalue weighted by Crippen LogP contribution is 2.35. The minimum atomic E-state index is 0.0303. The average Bonchev–Trinajstić information content (AvgIpc) is 2.72. The summed E-state index contributed by atoms with van der Waals surface area (Å²) in [5, 5.41) is 6.12. The first-order chi connectivity index (χ1) is 13.2. The van der Waals surface area contributed by atoms with Gasteiger partial charge in [0, 0.05) is 10.9 Å². The van der Waals surface area contributed by atoms with E-state index in [9.17, 15) is 0 Å². The summed E-state index contributed by atoms with van der Waals surface area (Å²) in [6.45, 7) is 0. The van der Waals surface area contributed by atoms with Crippen LogP contribution in [0.15, 0.2) is 84.9 Å². The molecule has 0 amide bonds. The molecule has 1 nitrogen and oxygen atoms in total. The Hall–Kier alpha value is -2.17. The van der Waals surface area contributed by atoms with Gasteiger partial charge in [0.25, 0.3) is 0 Å². The predicted octanol–water partition coefficient (Wildman–Crippen LogP) is 6.69. The summed E-state index contributed by atoms with van der Waals surface area (Å²) in [4.78, 5) is 5.00. The standard InChI is InChI=1S/C23H14BBr2N/c25-24(26)23-19-11-5-3-9-17(19)16-8-2-4-10-18(16)22(23)21-14-13-15-7-1-6-12-20(15)27-21/h1-14H. The second kappa shape index (κ2) is 6.77. The van der Waals surface area contributed by atoms with Crippen molar-refractivity contribution in [3.8, 4) is 11.3 Å². The van der Waals surface area contributed by atoms with E-state index in [1.54, 1.807) is 0 Å². The first-order valence-corrected chi connectivity index (χ1v) is 10.6. The van der Waals surface area contributed by atoms with E-state index in [-0.39, 0.29) is 4.36 Å². The number of halogens is 2.